The van der Waals surface area contributed by atoms with Gasteiger partial charge in [0.1, 0.15) is 11.6 Å². The zero-order valence-electron chi connectivity index (χ0n) is 14.3. The molecule has 0 saturated heterocycles. The molecule has 0 spiro atoms. The Kier molecular flexibility index (Phi) is 4.62. The van der Waals surface area contributed by atoms with Crippen LogP contribution in [0, 0.1) is 11.7 Å². The average molecular weight is 330 g/mol. The molecule has 1 aromatic heterocycles. The second-order valence-electron chi connectivity index (χ2n) is 6.55. The maximum atomic E-state index is 13.2. The lowest BCUT2D eigenvalue weighted by molar-refractivity contribution is 0.207. The van der Waals surface area contributed by atoms with E-state index in [1.807, 2.05) is 33.3 Å². The summed E-state index contributed by atoms with van der Waals surface area (Å²) in [4.78, 5) is 16.9. The van der Waals surface area contributed by atoms with Crippen molar-refractivity contribution in [3.63, 3.8) is 0 Å². The molecular weight excluding hydrogens is 307 g/mol. The number of anilines is 2. The lowest BCUT2D eigenvalue weighted by Gasteiger charge is -2.28. The molecule has 24 heavy (non-hydrogen) atoms. The van der Waals surface area contributed by atoms with E-state index in [0.717, 1.165) is 5.56 Å². The van der Waals surface area contributed by atoms with Gasteiger partial charge >= 0.3 is 0 Å². The minimum absolute atomic E-state index is 0.211. The summed E-state index contributed by atoms with van der Waals surface area (Å²) in [6.07, 6.45) is 2.38. The molecule has 1 atom stereocenters. The van der Waals surface area contributed by atoms with Crippen LogP contribution in [-0.2, 0) is 6.54 Å². The number of nitrogens with zero attached hydrogens (tertiary/aromatic N) is 5. The fourth-order valence-corrected chi connectivity index (χ4v) is 2.98. The fourth-order valence-electron chi connectivity index (χ4n) is 2.98. The quantitative estimate of drug-likeness (QED) is 0.876. The van der Waals surface area contributed by atoms with Gasteiger partial charge in [-0.05, 0) is 43.5 Å². The monoisotopic (exact) mass is 330 g/mol. The summed E-state index contributed by atoms with van der Waals surface area (Å²) >= 11 is 0. The summed E-state index contributed by atoms with van der Waals surface area (Å²) in [5.41, 5.74) is 6.92. The summed E-state index contributed by atoms with van der Waals surface area (Å²) in [5, 5.41) is 0. The van der Waals surface area contributed by atoms with Gasteiger partial charge in [0.15, 0.2) is 0 Å². The number of hydrogen-bond acceptors (Lipinski definition) is 6. The molecule has 2 aromatic rings. The van der Waals surface area contributed by atoms with Gasteiger partial charge < -0.3 is 10.6 Å². The molecule has 0 amide bonds. The third-order valence-electron chi connectivity index (χ3n) is 4.23. The molecule has 0 aliphatic heterocycles. The van der Waals surface area contributed by atoms with Gasteiger partial charge in [-0.1, -0.05) is 12.1 Å². The van der Waals surface area contributed by atoms with Crippen molar-refractivity contribution < 1.29 is 4.39 Å². The van der Waals surface area contributed by atoms with Gasteiger partial charge in [-0.3, -0.25) is 4.90 Å². The van der Waals surface area contributed by atoms with E-state index >= 15 is 0 Å². The summed E-state index contributed by atoms with van der Waals surface area (Å²) in [7, 11) is 5.78. The maximum absolute atomic E-state index is 13.2. The Hall–Kier alpha value is -2.28. The number of nitrogen functional groups attached to an aromatic ring is 1. The highest BCUT2D eigenvalue weighted by Gasteiger charge is 2.35. The van der Waals surface area contributed by atoms with Crippen LogP contribution >= 0.6 is 0 Å². The predicted molar refractivity (Wildman–Crippen MR) is 91.9 cm³/mol. The zero-order chi connectivity index (χ0) is 17.3. The summed E-state index contributed by atoms with van der Waals surface area (Å²) < 4.78 is 13.2. The SMILES string of the molecule is CN(C)c1nc(N)nc(CN(C)[C@H](c2ccc(F)cc2)C2CC2)n1. The highest BCUT2D eigenvalue weighted by atomic mass is 19.1. The molecule has 1 aliphatic carbocycles. The van der Waals surface area contributed by atoms with E-state index < -0.39 is 0 Å². The Morgan fingerprint density at radius 3 is 2.38 bits per heavy atom. The molecule has 7 heteroatoms. The van der Waals surface area contributed by atoms with Crippen LogP contribution in [0.5, 0.6) is 0 Å². The second kappa shape index (κ2) is 6.68. The van der Waals surface area contributed by atoms with Crippen molar-refractivity contribution in [2.45, 2.75) is 25.4 Å². The highest BCUT2D eigenvalue weighted by molar-refractivity contribution is 5.32. The van der Waals surface area contributed by atoms with Crippen molar-refractivity contribution in [2.24, 2.45) is 5.92 Å². The molecule has 1 aliphatic rings. The molecular formula is C17H23FN6. The van der Waals surface area contributed by atoms with E-state index in [2.05, 4.69) is 19.9 Å². The molecule has 0 bridgehead atoms. The van der Waals surface area contributed by atoms with E-state index in [-0.39, 0.29) is 17.8 Å². The topological polar surface area (TPSA) is 71.2 Å². The third-order valence-corrected chi connectivity index (χ3v) is 4.23. The zero-order valence-corrected chi connectivity index (χ0v) is 14.3. The van der Waals surface area contributed by atoms with Crippen molar-refractivity contribution in [1.29, 1.82) is 0 Å². The van der Waals surface area contributed by atoms with Gasteiger partial charge in [0, 0.05) is 20.1 Å². The van der Waals surface area contributed by atoms with Gasteiger partial charge in [0.05, 0.1) is 6.54 Å². The molecule has 1 heterocycles. The second-order valence-corrected chi connectivity index (χ2v) is 6.55. The van der Waals surface area contributed by atoms with Crippen molar-refractivity contribution in [1.82, 2.24) is 19.9 Å². The molecule has 128 valence electrons. The Labute approximate surface area is 141 Å². The van der Waals surface area contributed by atoms with Crippen LogP contribution in [0.25, 0.3) is 0 Å². The van der Waals surface area contributed by atoms with Crippen molar-refractivity contribution in [2.75, 3.05) is 31.8 Å². The first-order valence-corrected chi connectivity index (χ1v) is 8.07. The first kappa shape index (κ1) is 16.6. The molecule has 3 rings (SSSR count). The Morgan fingerprint density at radius 1 is 1.12 bits per heavy atom. The van der Waals surface area contributed by atoms with Crippen molar-refractivity contribution in [3.05, 3.63) is 41.5 Å². The van der Waals surface area contributed by atoms with E-state index in [9.17, 15) is 4.39 Å². The van der Waals surface area contributed by atoms with Gasteiger partial charge in [-0.2, -0.15) is 15.0 Å². The van der Waals surface area contributed by atoms with Gasteiger partial charge in [-0.15, -0.1) is 0 Å². The molecule has 0 unspecified atom stereocenters. The van der Waals surface area contributed by atoms with Crippen LogP contribution in [0.15, 0.2) is 24.3 Å². The normalized spacial score (nSPS) is 15.5. The van der Waals surface area contributed by atoms with E-state index in [4.69, 9.17) is 5.73 Å². The number of nitrogens with two attached hydrogens (primary N) is 1. The van der Waals surface area contributed by atoms with Crippen molar-refractivity contribution in [3.8, 4) is 0 Å². The van der Waals surface area contributed by atoms with Crippen LogP contribution in [0.4, 0.5) is 16.3 Å². The summed E-state index contributed by atoms with van der Waals surface area (Å²) in [6.45, 7) is 0.562. The molecule has 2 N–H and O–H groups in total. The van der Waals surface area contributed by atoms with Crippen LogP contribution in [-0.4, -0.2) is 41.0 Å². The Morgan fingerprint density at radius 2 is 1.79 bits per heavy atom. The van der Waals surface area contributed by atoms with Crippen LogP contribution in [0.2, 0.25) is 0 Å². The smallest absolute Gasteiger partial charge is 0.229 e. The number of hydrogen-bond donors (Lipinski definition) is 1. The fraction of sp³-hybridized carbons (Fsp3) is 0.471. The van der Waals surface area contributed by atoms with Crippen LogP contribution < -0.4 is 10.6 Å². The third kappa shape index (κ3) is 3.79. The molecule has 1 aromatic carbocycles. The van der Waals surface area contributed by atoms with Gasteiger partial charge in [0.25, 0.3) is 0 Å². The van der Waals surface area contributed by atoms with Gasteiger partial charge in [0.2, 0.25) is 11.9 Å². The predicted octanol–water partition coefficient (Wildman–Crippen LogP) is 2.24. The minimum atomic E-state index is -0.211. The van der Waals surface area contributed by atoms with Crippen LogP contribution in [0.1, 0.15) is 30.3 Å². The Balaban J connectivity index is 1.81. The van der Waals surface area contributed by atoms with E-state index in [1.165, 1.54) is 25.0 Å². The number of halogens is 1. The van der Waals surface area contributed by atoms with Crippen molar-refractivity contribution >= 4 is 11.9 Å². The van der Waals surface area contributed by atoms with E-state index in [0.29, 0.717) is 24.2 Å². The van der Waals surface area contributed by atoms with Gasteiger partial charge in [-0.25, -0.2) is 4.39 Å². The number of benzene rings is 1. The molecule has 1 fully saturated rings. The molecule has 0 radical (unpaired) electrons. The number of rotatable bonds is 6. The summed E-state index contributed by atoms with van der Waals surface area (Å²) in [6, 6.07) is 6.99. The van der Waals surface area contributed by atoms with Crippen LogP contribution in [0.3, 0.4) is 0 Å². The first-order valence-electron chi connectivity index (χ1n) is 8.07. The summed E-state index contributed by atoms with van der Waals surface area (Å²) in [5.74, 6) is 1.80. The lowest BCUT2D eigenvalue weighted by Crippen LogP contribution is -2.27. The number of aromatic nitrogens is 3. The minimum Gasteiger partial charge on any atom is -0.368 e. The largest absolute Gasteiger partial charge is 0.368 e. The lowest BCUT2D eigenvalue weighted by atomic mass is 10.0. The Bertz CT molecular complexity index is 699. The highest BCUT2D eigenvalue weighted by Crippen LogP contribution is 2.44. The standard InChI is InChI=1S/C17H23FN6/c1-23(2)17-21-14(20-16(19)22-17)10-24(3)15(11-4-5-11)12-6-8-13(18)9-7-12/h6-9,11,15H,4-5,10H2,1-3H3,(H2,19,20,21,22)/t15-/m0/s1. The van der Waals surface area contributed by atoms with E-state index in [1.54, 1.807) is 4.90 Å². The molecule has 1 saturated carbocycles. The molecule has 6 nitrogen and oxygen atoms in total. The maximum Gasteiger partial charge on any atom is 0.229 e. The average Bonchev–Trinajstić information content (AvgIpc) is 3.33. The first-order chi connectivity index (χ1) is 11.4.